The van der Waals surface area contributed by atoms with E-state index in [1.807, 2.05) is 0 Å². The minimum Gasteiger partial charge on any atom is -0.314 e. The molecule has 0 aromatic rings. The SMILES string of the molecule is CCCC(C)C(NCC)C1CC2CCC1C2. The Bertz CT molecular complexity index is 213. The molecule has 5 unspecified atom stereocenters. The number of hydrogen-bond donors (Lipinski definition) is 1. The van der Waals surface area contributed by atoms with Crippen molar-refractivity contribution in [2.75, 3.05) is 6.54 Å². The zero-order valence-corrected chi connectivity index (χ0v) is 11.3. The molecule has 0 heterocycles. The average molecular weight is 223 g/mol. The van der Waals surface area contributed by atoms with Crippen molar-refractivity contribution in [1.29, 1.82) is 0 Å². The third kappa shape index (κ3) is 2.45. The first-order valence-electron chi connectivity index (χ1n) is 7.49. The summed E-state index contributed by atoms with van der Waals surface area (Å²) < 4.78 is 0. The van der Waals surface area contributed by atoms with Crippen LogP contribution in [0.25, 0.3) is 0 Å². The van der Waals surface area contributed by atoms with E-state index in [1.54, 1.807) is 6.42 Å². The van der Waals surface area contributed by atoms with Gasteiger partial charge in [-0.1, -0.05) is 33.6 Å². The fraction of sp³-hybridized carbons (Fsp3) is 1.00. The Labute approximate surface area is 101 Å². The van der Waals surface area contributed by atoms with Crippen molar-refractivity contribution >= 4 is 0 Å². The molecule has 0 spiro atoms. The number of nitrogens with one attached hydrogen (secondary N) is 1. The molecule has 0 amide bonds. The first-order valence-corrected chi connectivity index (χ1v) is 7.49. The maximum Gasteiger partial charge on any atom is 0.0124 e. The van der Waals surface area contributed by atoms with E-state index in [1.165, 1.54) is 32.1 Å². The fourth-order valence-corrected chi connectivity index (χ4v) is 4.38. The summed E-state index contributed by atoms with van der Waals surface area (Å²) in [5.74, 6) is 4.02. The van der Waals surface area contributed by atoms with Crippen LogP contribution in [0.5, 0.6) is 0 Å². The predicted octanol–water partition coefficient (Wildman–Crippen LogP) is 3.84. The molecule has 94 valence electrons. The second kappa shape index (κ2) is 5.53. The molecule has 5 atom stereocenters. The van der Waals surface area contributed by atoms with Crippen molar-refractivity contribution in [3.8, 4) is 0 Å². The van der Waals surface area contributed by atoms with Crippen LogP contribution in [0.1, 0.15) is 59.3 Å². The molecule has 1 N–H and O–H groups in total. The zero-order chi connectivity index (χ0) is 11.5. The zero-order valence-electron chi connectivity index (χ0n) is 11.3. The van der Waals surface area contributed by atoms with E-state index in [4.69, 9.17) is 0 Å². The van der Waals surface area contributed by atoms with Gasteiger partial charge in [-0.05, 0) is 55.9 Å². The Kier molecular flexibility index (Phi) is 4.29. The molecule has 1 nitrogen and oxygen atoms in total. The van der Waals surface area contributed by atoms with E-state index >= 15 is 0 Å². The lowest BCUT2D eigenvalue weighted by Crippen LogP contribution is -2.43. The molecular formula is C15H29N. The van der Waals surface area contributed by atoms with Crippen LogP contribution in [0.2, 0.25) is 0 Å². The van der Waals surface area contributed by atoms with Crippen LogP contribution in [0.15, 0.2) is 0 Å². The predicted molar refractivity (Wildman–Crippen MR) is 70.5 cm³/mol. The quantitative estimate of drug-likeness (QED) is 0.721. The van der Waals surface area contributed by atoms with Crippen molar-refractivity contribution in [2.24, 2.45) is 23.7 Å². The summed E-state index contributed by atoms with van der Waals surface area (Å²) in [6, 6.07) is 0.806. The minimum absolute atomic E-state index is 0.806. The molecule has 2 rings (SSSR count). The monoisotopic (exact) mass is 223 g/mol. The van der Waals surface area contributed by atoms with Gasteiger partial charge in [0.05, 0.1) is 0 Å². The second-order valence-corrected chi connectivity index (χ2v) is 6.19. The molecule has 2 saturated carbocycles. The summed E-state index contributed by atoms with van der Waals surface area (Å²) in [7, 11) is 0. The van der Waals surface area contributed by atoms with Crippen LogP contribution < -0.4 is 5.32 Å². The molecule has 0 aromatic carbocycles. The van der Waals surface area contributed by atoms with Crippen LogP contribution in [0.3, 0.4) is 0 Å². The van der Waals surface area contributed by atoms with E-state index in [0.29, 0.717) is 0 Å². The van der Waals surface area contributed by atoms with E-state index in [-0.39, 0.29) is 0 Å². The number of rotatable bonds is 6. The van der Waals surface area contributed by atoms with E-state index < -0.39 is 0 Å². The highest BCUT2D eigenvalue weighted by Gasteiger charge is 2.43. The van der Waals surface area contributed by atoms with Gasteiger partial charge < -0.3 is 5.32 Å². The fourth-order valence-electron chi connectivity index (χ4n) is 4.38. The largest absolute Gasteiger partial charge is 0.314 e. The third-order valence-electron chi connectivity index (χ3n) is 5.05. The van der Waals surface area contributed by atoms with Crippen molar-refractivity contribution < 1.29 is 0 Å². The van der Waals surface area contributed by atoms with Gasteiger partial charge in [-0.2, -0.15) is 0 Å². The first-order chi connectivity index (χ1) is 7.76. The Balaban J connectivity index is 1.96. The van der Waals surface area contributed by atoms with Crippen LogP contribution >= 0.6 is 0 Å². The van der Waals surface area contributed by atoms with Gasteiger partial charge in [-0.15, -0.1) is 0 Å². The third-order valence-corrected chi connectivity index (χ3v) is 5.05. The molecule has 0 aliphatic heterocycles. The maximum absolute atomic E-state index is 3.79. The van der Waals surface area contributed by atoms with Crippen molar-refractivity contribution in [1.82, 2.24) is 5.32 Å². The normalized spacial score (nSPS) is 36.6. The van der Waals surface area contributed by atoms with Gasteiger partial charge in [-0.3, -0.25) is 0 Å². The molecule has 16 heavy (non-hydrogen) atoms. The lowest BCUT2D eigenvalue weighted by atomic mass is 9.77. The molecule has 2 aliphatic carbocycles. The molecule has 0 saturated heterocycles. The molecule has 0 radical (unpaired) electrons. The summed E-state index contributed by atoms with van der Waals surface area (Å²) in [5, 5.41) is 3.79. The van der Waals surface area contributed by atoms with Crippen LogP contribution in [-0.4, -0.2) is 12.6 Å². The van der Waals surface area contributed by atoms with Gasteiger partial charge in [-0.25, -0.2) is 0 Å². The van der Waals surface area contributed by atoms with E-state index in [0.717, 1.165) is 36.3 Å². The summed E-state index contributed by atoms with van der Waals surface area (Å²) in [5.41, 5.74) is 0. The standard InChI is InChI=1S/C15H29N/c1-4-6-11(3)15(16-5-2)14-10-12-7-8-13(14)9-12/h11-16H,4-10H2,1-3H3. The number of hydrogen-bond acceptors (Lipinski definition) is 1. The summed E-state index contributed by atoms with van der Waals surface area (Å²) >= 11 is 0. The van der Waals surface area contributed by atoms with Crippen molar-refractivity contribution in [3.05, 3.63) is 0 Å². The van der Waals surface area contributed by atoms with Crippen LogP contribution in [-0.2, 0) is 0 Å². The Morgan fingerprint density at radius 2 is 2.00 bits per heavy atom. The van der Waals surface area contributed by atoms with Gasteiger partial charge in [0.1, 0.15) is 0 Å². The van der Waals surface area contributed by atoms with Crippen LogP contribution in [0.4, 0.5) is 0 Å². The molecular weight excluding hydrogens is 194 g/mol. The first kappa shape index (κ1) is 12.4. The Morgan fingerprint density at radius 1 is 1.19 bits per heavy atom. The lowest BCUT2D eigenvalue weighted by Gasteiger charge is -2.35. The van der Waals surface area contributed by atoms with Crippen molar-refractivity contribution in [3.63, 3.8) is 0 Å². The summed E-state index contributed by atoms with van der Waals surface area (Å²) in [4.78, 5) is 0. The highest BCUT2D eigenvalue weighted by atomic mass is 14.9. The van der Waals surface area contributed by atoms with Crippen molar-refractivity contribution in [2.45, 2.75) is 65.3 Å². The topological polar surface area (TPSA) is 12.0 Å². The van der Waals surface area contributed by atoms with E-state index in [9.17, 15) is 0 Å². The molecule has 2 aliphatic rings. The lowest BCUT2D eigenvalue weighted by molar-refractivity contribution is 0.194. The minimum atomic E-state index is 0.806. The highest BCUT2D eigenvalue weighted by Crippen LogP contribution is 2.50. The number of fused-ring (bicyclic) bond motifs is 2. The highest BCUT2D eigenvalue weighted by molar-refractivity contribution is 4.96. The summed E-state index contributed by atoms with van der Waals surface area (Å²) in [6.07, 6.45) is 8.86. The van der Waals surface area contributed by atoms with Gasteiger partial charge in [0.2, 0.25) is 0 Å². The van der Waals surface area contributed by atoms with E-state index in [2.05, 4.69) is 26.1 Å². The van der Waals surface area contributed by atoms with Crippen LogP contribution in [0, 0.1) is 23.7 Å². The second-order valence-electron chi connectivity index (χ2n) is 6.19. The van der Waals surface area contributed by atoms with Gasteiger partial charge in [0.25, 0.3) is 0 Å². The van der Waals surface area contributed by atoms with Gasteiger partial charge in [0, 0.05) is 6.04 Å². The maximum atomic E-state index is 3.79. The summed E-state index contributed by atoms with van der Waals surface area (Å²) in [6.45, 7) is 8.19. The molecule has 2 bridgehead atoms. The van der Waals surface area contributed by atoms with Gasteiger partial charge >= 0.3 is 0 Å². The average Bonchev–Trinajstić information content (AvgIpc) is 2.87. The Morgan fingerprint density at radius 3 is 2.50 bits per heavy atom. The molecule has 2 fully saturated rings. The Hall–Kier alpha value is -0.0400. The molecule has 0 aromatic heterocycles. The smallest absolute Gasteiger partial charge is 0.0124 e. The van der Waals surface area contributed by atoms with Gasteiger partial charge in [0.15, 0.2) is 0 Å². The molecule has 1 heteroatoms.